The van der Waals surface area contributed by atoms with Gasteiger partial charge in [0, 0.05) is 0 Å². The van der Waals surface area contributed by atoms with Crippen molar-refractivity contribution in [1.29, 1.82) is 0 Å². The SMILES string of the molecule is Cc1nc(C)c2nc(C)nn2n1. The molecule has 0 N–H and O–H groups in total. The molecular formula is C7H9N5. The summed E-state index contributed by atoms with van der Waals surface area (Å²) in [7, 11) is 0. The van der Waals surface area contributed by atoms with Crippen LogP contribution >= 0.6 is 0 Å². The first-order chi connectivity index (χ1) is 5.66. The van der Waals surface area contributed by atoms with Crippen LogP contribution in [0.5, 0.6) is 0 Å². The van der Waals surface area contributed by atoms with Crippen molar-refractivity contribution in [2.75, 3.05) is 0 Å². The van der Waals surface area contributed by atoms with Gasteiger partial charge in [-0.3, -0.25) is 0 Å². The zero-order valence-corrected chi connectivity index (χ0v) is 7.24. The highest BCUT2D eigenvalue weighted by Gasteiger charge is 2.04. The number of hydrogen-bond acceptors (Lipinski definition) is 4. The topological polar surface area (TPSA) is 56.0 Å². The highest BCUT2D eigenvalue weighted by Crippen LogP contribution is 2.02. The Hall–Kier alpha value is -1.52. The van der Waals surface area contributed by atoms with Gasteiger partial charge in [0.05, 0.1) is 5.69 Å². The predicted molar refractivity (Wildman–Crippen MR) is 42.8 cm³/mol. The molecule has 0 radical (unpaired) electrons. The number of aryl methyl sites for hydroxylation is 3. The lowest BCUT2D eigenvalue weighted by Gasteiger charge is -1.95. The van der Waals surface area contributed by atoms with Gasteiger partial charge in [0.25, 0.3) is 0 Å². The van der Waals surface area contributed by atoms with Gasteiger partial charge >= 0.3 is 0 Å². The van der Waals surface area contributed by atoms with Crippen LogP contribution in [0.4, 0.5) is 0 Å². The van der Waals surface area contributed by atoms with Crippen LogP contribution in [0.15, 0.2) is 0 Å². The zero-order valence-electron chi connectivity index (χ0n) is 7.24. The molecule has 0 amide bonds. The number of nitrogens with zero attached hydrogens (tertiary/aromatic N) is 5. The van der Waals surface area contributed by atoms with E-state index in [0.717, 1.165) is 17.2 Å². The lowest BCUT2D eigenvalue weighted by atomic mass is 10.5. The smallest absolute Gasteiger partial charge is 0.197 e. The van der Waals surface area contributed by atoms with Crippen molar-refractivity contribution in [1.82, 2.24) is 24.8 Å². The third kappa shape index (κ3) is 0.939. The highest BCUT2D eigenvalue weighted by molar-refractivity contribution is 5.40. The van der Waals surface area contributed by atoms with Crippen LogP contribution in [0.25, 0.3) is 5.65 Å². The number of fused-ring (bicyclic) bond motifs is 1. The first-order valence-corrected chi connectivity index (χ1v) is 3.72. The molecule has 0 spiro atoms. The third-order valence-electron chi connectivity index (χ3n) is 1.59. The van der Waals surface area contributed by atoms with Gasteiger partial charge in [0.1, 0.15) is 5.82 Å². The van der Waals surface area contributed by atoms with E-state index in [4.69, 9.17) is 0 Å². The predicted octanol–water partition coefficient (Wildman–Crippen LogP) is 0.445. The van der Waals surface area contributed by atoms with Crippen LogP contribution in [-0.4, -0.2) is 24.8 Å². The van der Waals surface area contributed by atoms with Crippen molar-refractivity contribution in [2.24, 2.45) is 0 Å². The van der Waals surface area contributed by atoms with Crippen LogP contribution in [0.3, 0.4) is 0 Å². The average Bonchev–Trinajstić information content (AvgIpc) is 2.29. The van der Waals surface area contributed by atoms with Crippen LogP contribution in [0, 0.1) is 20.8 Å². The summed E-state index contributed by atoms with van der Waals surface area (Å²) in [5, 5.41) is 8.18. The largest absolute Gasteiger partial charge is 0.233 e. The highest BCUT2D eigenvalue weighted by atomic mass is 15.5. The Morgan fingerprint density at radius 1 is 0.917 bits per heavy atom. The van der Waals surface area contributed by atoms with Crippen molar-refractivity contribution in [3.63, 3.8) is 0 Å². The Morgan fingerprint density at radius 2 is 1.50 bits per heavy atom. The molecule has 0 aliphatic rings. The molecule has 0 aliphatic heterocycles. The molecule has 2 aromatic heterocycles. The molecule has 0 atom stereocenters. The molecule has 0 aliphatic carbocycles. The summed E-state index contributed by atoms with van der Waals surface area (Å²) in [6.45, 7) is 5.57. The van der Waals surface area contributed by atoms with Crippen LogP contribution < -0.4 is 0 Å². The quantitative estimate of drug-likeness (QED) is 0.565. The van der Waals surface area contributed by atoms with E-state index in [2.05, 4.69) is 20.2 Å². The molecule has 2 heterocycles. The molecular weight excluding hydrogens is 154 g/mol. The number of rotatable bonds is 0. The minimum Gasteiger partial charge on any atom is -0.233 e. The molecule has 12 heavy (non-hydrogen) atoms. The van der Waals surface area contributed by atoms with Crippen molar-refractivity contribution < 1.29 is 0 Å². The Balaban J connectivity index is 2.88. The maximum absolute atomic E-state index is 4.18. The van der Waals surface area contributed by atoms with E-state index in [1.807, 2.05) is 20.8 Å². The Morgan fingerprint density at radius 3 is 2.17 bits per heavy atom. The summed E-state index contributed by atoms with van der Waals surface area (Å²) in [6.07, 6.45) is 0. The minimum atomic E-state index is 0.713. The fraction of sp³-hybridized carbons (Fsp3) is 0.429. The van der Waals surface area contributed by atoms with E-state index in [1.54, 1.807) is 0 Å². The van der Waals surface area contributed by atoms with Gasteiger partial charge < -0.3 is 0 Å². The van der Waals surface area contributed by atoms with E-state index >= 15 is 0 Å². The minimum absolute atomic E-state index is 0.713. The fourth-order valence-electron chi connectivity index (χ4n) is 1.15. The van der Waals surface area contributed by atoms with Crippen molar-refractivity contribution >= 4 is 5.65 Å². The monoisotopic (exact) mass is 163 g/mol. The third-order valence-corrected chi connectivity index (χ3v) is 1.59. The summed E-state index contributed by atoms with van der Waals surface area (Å²) in [5.41, 5.74) is 1.60. The fourth-order valence-corrected chi connectivity index (χ4v) is 1.15. The van der Waals surface area contributed by atoms with Crippen LogP contribution in [0.2, 0.25) is 0 Å². The maximum Gasteiger partial charge on any atom is 0.197 e. The zero-order chi connectivity index (χ0) is 8.72. The lowest BCUT2D eigenvalue weighted by Crippen LogP contribution is -2.01. The number of aromatic nitrogens is 5. The number of hydrogen-bond donors (Lipinski definition) is 0. The van der Waals surface area contributed by atoms with E-state index in [-0.39, 0.29) is 0 Å². The van der Waals surface area contributed by atoms with Gasteiger partial charge in [-0.15, -0.1) is 14.8 Å². The second-order valence-corrected chi connectivity index (χ2v) is 2.72. The molecule has 0 bridgehead atoms. The Kier molecular flexibility index (Phi) is 1.33. The van der Waals surface area contributed by atoms with Gasteiger partial charge in [0.15, 0.2) is 11.5 Å². The standard InChI is InChI=1S/C7H9N5/c1-4-7-9-6(3)11-12(7)10-5(2)8-4/h1-3H3. The molecule has 0 aromatic carbocycles. The first kappa shape index (κ1) is 7.15. The second kappa shape index (κ2) is 2.23. The summed E-state index contributed by atoms with van der Waals surface area (Å²) >= 11 is 0. The molecule has 2 aromatic rings. The van der Waals surface area contributed by atoms with Crippen molar-refractivity contribution in [2.45, 2.75) is 20.8 Å². The van der Waals surface area contributed by atoms with Crippen molar-refractivity contribution in [3.8, 4) is 0 Å². The van der Waals surface area contributed by atoms with Gasteiger partial charge in [0.2, 0.25) is 0 Å². The normalized spacial score (nSPS) is 10.9. The van der Waals surface area contributed by atoms with E-state index in [1.165, 1.54) is 4.63 Å². The molecule has 0 saturated heterocycles. The summed E-state index contributed by atoms with van der Waals surface area (Å²) in [5.74, 6) is 1.43. The second-order valence-electron chi connectivity index (χ2n) is 2.72. The molecule has 0 saturated carbocycles. The van der Waals surface area contributed by atoms with Crippen LogP contribution in [0.1, 0.15) is 17.3 Å². The molecule has 0 fully saturated rings. The molecule has 5 nitrogen and oxygen atoms in total. The summed E-state index contributed by atoms with van der Waals surface area (Å²) in [6, 6.07) is 0. The van der Waals surface area contributed by atoms with E-state index < -0.39 is 0 Å². The lowest BCUT2D eigenvalue weighted by molar-refractivity contribution is 0.739. The molecule has 2 rings (SSSR count). The van der Waals surface area contributed by atoms with E-state index in [9.17, 15) is 0 Å². The maximum atomic E-state index is 4.18. The summed E-state index contributed by atoms with van der Waals surface area (Å²) < 4.78 is 1.52. The summed E-state index contributed by atoms with van der Waals surface area (Å²) in [4.78, 5) is 8.36. The van der Waals surface area contributed by atoms with Crippen LogP contribution in [-0.2, 0) is 0 Å². The van der Waals surface area contributed by atoms with Gasteiger partial charge in [-0.25, -0.2) is 9.97 Å². The Bertz CT molecular complexity index is 431. The average molecular weight is 163 g/mol. The van der Waals surface area contributed by atoms with Gasteiger partial charge in [-0.05, 0) is 20.8 Å². The Labute approximate surface area is 69.5 Å². The van der Waals surface area contributed by atoms with Gasteiger partial charge in [-0.2, -0.15) is 0 Å². The van der Waals surface area contributed by atoms with Gasteiger partial charge in [-0.1, -0.05) is 0 Å². The molecule has 0 unspecified atom stereocenters. The molecule has 62 valence electrons. The first-order valence-electron chi connectivity index (χ1n) is 3.72. The molecule has 5 heteroatoms. The van der Waals surface area contributed by atoms with Crippen molar-refractivity contribution in [3.05, 3.63) is 17.3 Å². The van der Waals surface area contributed by atoms with E-state index in [0.29, 0.717) is 5.82 Å².